The molecule has 6 aromatic carbocycles. The van der Waals surface area contributed by atoms with Crippen LogP contribution in [0.5, 0.6) is 0 Å². The molecule has 6 aromatic rings. The van der Waals surface area contributed by atoms with Gasteiger partial charge in [-0.15, -0.1) is 0 Å². The first-order chi connectivity index (χ1) is 21.3. The van der Waals surface area contributed by atoms with Crippen LogP contribution in [0.15, 0.2) is 141 Å². The predicted molar refractivity (Wildman–Crippen MR) is 179 cm³/mol. The standard InChI is InChI=1S/C37H20BN3S2/c39-21-22-15-17-23(18-16-22)24-19-29-35-30(20-24)41-28-10-2-4-12-32(28)43-34-14-6-8-26(37(34)41)38(35)25-7-5-13-33-36(25)40(29)27-9-1-3-11-31(27)42-33/h1-20H. The molecule has 4 heterocycles. The van der Waals surface area contributed by atoms with Crippen molar-refractivity contribution in [1.29, 1.82) is 5.26 Å². The Morgan fingerprint density at radius 3 is 1.56 bits per heavy atom. The van der Waals surface area contributed by atoms with Crippen LogP contribution in [0.2, 0.25) is 0 Å². The first-order valence-electron chi connectivity index (χ1n) is 14.4. The summed E-state index contributed by atoms with van der Waals surface area (Å²) in [6, 6.07) is 46.2. The monoisotopic (exact) mass is 581 g/mol. The van der Waals surface area contributed by atoms with Crippen LogP contribution in [-0.4, -0.2) is 6.71 Å². The molecule has 0 spiro atoms. The molecule has 10 rings (SSSR count). The van der Waals surface area contributed by atoms with Crippen LogP contribution >= 0.6 is 23.5 Å². The van der Waals surface area contributed by atoms with Gasteiger partial charge in [0.1, 0.15) is 0 Å². The van der Waals surface area contributed by atoms with E-state index >= 15 is 0 Å². The molecule has 0 amide bonds. The lowest BCUT2D eigenvalue weighted by Crippen LogP contribution is -2.62. The minimum atomic E-state index is 0.120. The van der Waals surface area contributed by atoms with E-state index in [1.54, 1.807) is 0 Å². The zero-order valence-electron chi connectivity index (χ0n) is 22.8. The molecular weight excluding hydrogens is 561 g/mol. The summed E-state index contributed by atoms with van der Waals surface area (Å²) in [5.41, 5.74) is 14.5. The molecule has 4 aliphatic heterocycles. The lowest BCUT2D eigenvalue weighted by molar-refractivity contribution is 1.15. The molecule has 0 unspecified atom stereocenters. The number of hydrogen-bond acceptors (Lipinski definition) is 5. The van der Waals surface area contributed by atoms with Crippen molar-refractivity contribution in [3.63, 3.8) is 0 Å². The summed E-state index contributed by atoms with van der Waals surface area (Å²) >= 11 is 3.74. The highest BCUT2D eigenvalue weighted by Gasteiger charge is 2.47. The summed E-state index contributed by atoms with van der Waals surface area (Å²) in [5.74, 6) is 0. The topological polar surface area (TPSA) is 30.3 Å². The van der Waals surface area contributed by atoms with E-state index in [1.165, 1.54) is 70.1 Å². The Morgan fingerprint density at radius 2 is 1.02 bits per heavy atom. The van der Waals surface area contributed by atoms with Gasteiger partial charge in [-0.25, -0.2) is 0 Å². The van der Waals surface area contributed by atoms with Crippen LogP contribution in [0.25, 0.3) is 11.1 Å². The van der Waals surface area contributed by atoms with Crippen LogP contribution in [0.4, 0.5) is 34.1 Å². The molecule has 3 nitrogen and oxygen atoms in total. The van der Waals surface area contributed by atoms with E-state index in [4.69, 9.17) is 0 Å². The maximum Gasteiger partial charge on any atom is 0.252 e. The van der Waals surface area contributed by atoms with E-state index in [0.29, 0.717) is 5.56 Å². The number of para-hydroxylation sites is 4. The van der Waals surface area contributed by atoms with E-state index in [2.05, 4.69) is 125 Å². The van der Waals surface area contributed by atoms with E-state index in [1.807, 2.05) is 35.7 Å². The summed E-state index contributed by atoms with van der Waals surface area (Å²) in [6.07, 6.45) is 0. The van der Waals surface area contributed by atoms with Crippen molar-refractivity contribution in [1.82, 2.24) is 0 Å². The lowest BCUT2D eigenvalue weighted by atomic mass is 9.33. The van der Waals surface area contributed by atoms with E-state index in [9.17, 15) is 5.26 Å². The fourth-order valence-corrected chi connectivity index (χ4v) is 9.49. The summed E-state index contributed by atoms with van der Waals surface area (Å²) in [4.78, 5) is 10.1. The second kappa shape index (κ2) is 8.61. The quantitative estimate of drug-likeness (QED) is 0.182. The molecular formula is C37H20BN3S2. The minimum absolute atomic E-state index is 0.120. The minimum Gasteiger partial charge on any atom is -0.309 e. The van der Waals surface area contributed by atoms with Crippen molar-refractivity contribution < 1.29 is 0 Å². The molecule has 0 fully saturated rings. The van der Waals surface area contributed by atoms with Gasteiger partial charge >= 0.3 is 0 Å². The zero-order valence-corrected chi connectivity index (χ0v) is 24.4. The highest BCUT2D eigenvalue weighted by atomic mass is 32.2. The smallest absolute Gasteiger partial charge is 0.252 e. The van der Waals surface area contributed by atoms with Crippen LogP contribution in [-0.2, 0) is 0 Å². The molecule has 198 valence electrons. The second-order valence-corrected chi connectivity index (χ2v) is 13.4. The second-order valence-electron chi connectivity index (χ2n) is 11.2. The van der Waals surface area contributed by atoms with Crippen molar-refractivity contribution in [2.24, 2.45) is 0 Å². The van der Waals surface area contributed by atoms with Gasteiger partial charge in [0.2, 0.25) is 0 Å². The highest BCUT2D eigenvalue weighted by molar-refractivity contribution is 8.00. The van der Waals surface area contributed by atoms with Crippen molar-refractivity contribution >= 4 is 80.7 Å². The summed E-state index contributed by atoms with van der Waals surface area (Å²) in [5, 5.41) is 9.48. The van der Waals surface area contributed by atoms with Crippen molar-refractivity contribution in [2.45, 2.75) is 19.6 Å². The Morgan fingerprint density at radius 1 is 0.512 bits per heavy atom. The van der Waals surface area contributed by atoms with Gasteiger partial charge < -0.3 is 9.80 Å². The predicted octanol–water partition coefficient (Wildman–Crippen LogP) is 8.24. The Hall–Kier alpha value is -4.83. The largest absolute Gasteiger partial charge is 0.309 e. The average molecular weight is 582 g/mol. The van der Waals surface area contributed by atoms with Crippen molar-refractivity contribution in [3.8, 4) is 17.2 Å². The van der Waals surface area contributed by atoms with E-state index in [-0.39, 0.29) is 6.71 Å². The average Bonchev–Trinajstić information content (AvgIpc) is 3.06. The number of anilines is 6. The van der Waals surface area contributed by atoms with Gasteiger partial charge in [0, 0.05) is 31.0 Å². The van der Waals surface area contributed by atoms with E-state index < -0.39 is 0 Å². The Balaban J connectivity index is 1.35. The van der Waals surface area contributed by atoms with Gasteiger partial charge in [-0.05, 0) is 88.2 Å². The molecule has 0 saturated heterocycles. The fourth-order valence-electron chi connectivity index (χ4n) is 7.29. The number of rotatable bonds is 1. The molecule has 6 heteroatoms. The number of fused-ring (bicyclic) bond motifs is 8. The number of nitrogens with zero attached hydrogens (tertiary/aromatic N) is 3. The van der Waals surface area contributed by atoms with Crippen LogP contribution in [0.1, 0.15) is 5.56 Å². The molecule has 0 N–H and O–H groups in total. The van der Waals surface area contributed by atoms with Crippen molar-refractivity contribution in [2.75, 3.05) is 9.80 Å². The molecule has 0 aliphatic carbocycles. The van der Waals surface area contributed by atoms with Crippen LogP contribution < -0.4 is 26.2 Å². The van der Waals surface area contributed by atoms with Gasteiger partial charge in [-0.2, -0.15) is 5.26 Å². The molecule has 0 atom stereocenters. The number of nitriles is 1. The number of hydrogen-bond donors (Lipinski definition) is 0. The third-order valence-corrected chi connectivity index (χ3v) is 11.3. The number of benzene rings is 6. The first-order valence-corrected chi connectivity index (χ1v) is 16.0. The normalized spacial score (nSPS) is 14.2. The van der Waals surface area contributed by atoms with Gasteiger partial charge in [0.05, 0.1) is 34.4 Å². The zero-order chi connectivity index (χ0) is 28.2. The molecule has 43 heavy (non-hydrogen) atoms. The molecule has 4 aliphatic rings. The maximum atomic E-state index is 9.48. The van der Waals surface area contributed by atoms with Gasteiger partial charge in [-0.3, -0.25) is 0 Å². The van der Waals surface area contributed by atoms with Gasteiger partial charge in [0.15, 0.2) is 0 Å². The third kappa shape index (κ3) is 3.13. The van der Waals surface area contributed by atoms with Gasteiger partial charge in [0.25, 0.3) is 6.71 Å². The first kappa shape index (κ1) is 23.7. The SMILES string of the molecule is N#Cc1ccc(-c2cc3c4c(c2)N2c5ccccc5Sc5cccc(c52)B4c2cccc4c2N3c2ccccc2S4)cc1. The summed E-state index contributed by atoms with van der Waals surface area (Å²) in [6.45, 7) is 0.120. The Kier molecular flexibility index (Phi) is 4.75. The molecule has 0 aromatic heterocycles. The highest BCUT2D eigenvalue weighted by Crippen LogP contribution is 2.56. The van der Waals surface area contributed by atoms with E-state index in [0.717, 1.165) is 11.1 Å². The Labute approximate surface area is 258 Å². The lowest BCUT2D eigenvalue weighted by Gasteiger charge is -2.47. The van der Waals surface area contributed by atoms with Crippen LogP contribution in [0.3, 0.4) is 0 Å². The maximum absolute atomic E-state index is 9.48. The summed E-state index contributed by atoms with van der Waals surface area (Å²) in [7, 11) is 0. The third-order valence-electron chi connectivity index (χ3n) is 9.04. The fraction of sp³-hybridized carbons (Fsp3) is 0. The molecule has 0 radical (unpaired) electrons. The van der Waals surface area contributed by atoms with Crippen LogP contribution in [0, 0.1) is 11.3 Å². The molecule has 0 bridgehead atoms. The summed E-state index contributed by atoms with van der Waals surface area (Å²) < 4.78 is 0. The van der Waals surface area contributed by atoms with Crippen molar-refractivity contribution in [3.05, 3.63) is 127 Å². The Bertz CT molecular complexity index is 2110. The molecule has 0 saturated carbocycles. The van der Waals surface area contributed by atoms with Gasteiger partial charge in [-0.1, -0.05) is 84.2 Å².